The summed E-state index contributed by atoms with van der Waals surface area (Å²) in [6.45, 7) is 4.83. The van der Waals surface area contributed by atoms with Crippen LogP contribution in [-0.2, 0) is 13.6 Å². The van der Waals surface area contributed by atoms with E-state index < -0.39 is 0 Å². The number of nitrogens with zero attached hydrogens (tertiary/aromatic N) is 3. The first-order chi connectivity index (χ1) is 8.56. The molecule has 4 nitrogen and oxygen atoms in total. The molecule has 0 bridgehead atoms. The lowest BCUT2D eigenvalue weighted by molar-refractivity contribution is 0.687. The van der Waals surface area contributed by atoms with Crippen LogP contribution in [0.25, 0.3) is 0 Å². The van der Waals surface area contributed by atoms with Gasteiger partial charge >= 0.3 is 0 Å². The molecule has 1 N–H and O–H groups in total. The summed E-state index contributed by atoms with van der Waals surface area (Å²) >= 11 is 5.84. The fourth-order valence-electron chi connectivity index (χ4n) is 1.59. The van der Waals surface area contributed by atoms with Crippen LogP contribution in [0, 0.1) is 0 Å². The highest BCUT2D eigenvalue weighted by atomic mass is 35.5. The topological polar surface area (TPSA) is 42.7 Å². The number of aryl methyl sites for hydroxylation is 1. The Morgan fingerprint density at radius 3 is 2.50 bits per heavy atom. The Bertz CT molecular complexity index is 516. The van der Waals surface area contributed by atoms with Gasteiger partial charge in [0.1, 0.15) is 5.82 Å². The van der Waals surface area contributed by atoms with Gasteiger partial charge in [-0.25, -0.2) is 4.98 Å². The highest BCUT2D eigenvalue weighted by Crippen LogP contribution is 2.15. The molecule has 5 heteroatoms. The van der Waals surface area contributed by atoms with E-state index >= 15 is 0 Å². The Morgan fingerprint density at radius 2 is 1.94 bits per heavy atom. The zero-order valence-corrected chi connectivity index (χ0v) is 11.6. The van der Waals surface area contributed by atoms with Gasteiger partial charge in [0.2, 0.25) is 0 Å². The molecular formula is C13H17ClN4. The van der Waals surface area contributed by atoms with Crippen LogP contribution in [0.15, 0.2) is 24.3 Å². The molecule has 0 aliphatic carbocycles. The number of halogens is 1. The fraction of sp³-hybridized carbons (Fsp3) is 0.385. The SMILES string of the molecule is CC(C)c1nc(CNc2ccc(Cl)cc2)n(C)n1. The van der Waals surface area contributed by atoms with Gasteiger partial charge in [-0.15, -0.1) is 0 Å². The zero-order valence-electron chi connectivity index (χ0n) is 10.8. The summed E-state index contributed by atoms with van der Waals surface area (Å²) in [5, 5.41) is 8.42. The zero-order chi connectivity index (χ0) is 13.1. The second-order valence-electron chi connectivity index (χ2n) is 4.52. The fourth-order valence-corrected chi connectivity index (χ4v) is 1.71. The molecule has 0 saturated carbocycles. The van der Waals surface area contributed by atoms with E-state index in [2.05, 4.69) is 29.2 Å². The smallest absolute Gasteiger partial charge is 0.153 e. The number of hydrogen-bond acceptors (Lipinski definition) is 3. The van der Waals surface area contributed by atoms with Crippen molar-refractivity contribution in [3.8, 4) is 0 Å². The summed E-state index contributed by atoms with van der Waals surface area (Å²) in [6, 6.07) is 7.62. The molecule has 0 atom stereocenters. The van der Waals surface area contributed by atoms with Crippen molar-refractivity contribution in [3.05, 3.63) is 40.9 Å². The maximum absolute atomic E-state index is 5.84. The normalized spacial score (nSPS) is 10.9. The average molecular weight is 265 g/mol. The molecule has 0 fully saturated rings. The third-order valence-corrected chi connectivity index (χ3v) is 2.93. The van der Waals surface area contributed by atoms with Crippen LogP contribution >= 0.6 is 11.6 Å². The van der Waals surface area contributed by atoms with Crippen LogP contribution in [0.3, 0.4) is 0 Å². The quantitative estimate of drug-likeness (QED) is 0.922. The van der Waals surface area contributed by atoms with Gasteiger partial charge in [-0.2, -0.15) is 5.10 Å². The molecule has 1 aromatic carbocycles. The standard InChI is InChI=1S/C13H17ClN4/c1-9(2)13-16-12(18(3)17-13)8-15-11-6-4-10(14)5-7-11/h4-7,9,15H,8H2,1-3H3. The third-order valence-electron chi connectivity index (χ3n) is 2.68. The molecular weight excluding hydrogens is 248 g/mol. The third kappa shape index (κ3) is 3.01. The number of nitrogens with one attached hydrogen (secondary N) is 1. The first-order valence-corrected chi connectivity index (χ1v) is 6.33. The predicted molar refractivity (Wildman–Crippen MR) is 73.9 cm³/mol. The largest absolute Gasteiger partial charge is 0.378 e. The van der Waals surface area contributed by atoms with Crippen LogP contribution < -0.4 is 5.32 Å². The van der Waals surface area contributed by atoms with Gasteiger partial charge in [-0.1, -0.05) is 25.4 Å². The first-order valence-electron chi connectivity index (χ1n) is 5.95. The summed E-state index contributed by atoms with van der Waals surface area (Å²) in [5.41, 5.74) is 1.02. The lowest BCUT2D eigenvalue weighted by Crippen LogP contribution is -2.06. The Kier molecular flexibility index (Phi) is 3.87. The van der Waals surface area contributed by atoms with E-state index in [-0.39, 0.29) is 0 Å². The minimum absolute atomic E-state index is 0.348. The number of anilines is 1. The molecule has 0 amide bonds. The highest BCUT2D eigenvalue weighted by Gasteiger charge is 2.09. The van der Waals surface area contributed by atoms with Gasteiger partial charge in [0.15, 0.2) is 5.82 Å². The van der Waals surface area contributed by atoms with E-state index in [1.807, 2.05) is 36.0 Å². The number of aromatic nitrogens is 3. The van der Waals surface area contributed by atoms with Gasteiger partial charge < -0.3 is 5.32 Å². The Labute approximate surface area is 112 Å². The van der Waals surface area contributed by atoms with Crippen molar-refractivity contribution in [2.75, 3.05) is 5.32 Å². The highest BCUT2D eigenvalue weighted by molar-refractivity contribution is 6.30. The lowest BCUT2D eigenvalue weighted by atomic mass is 10.2. The van der Waals surface area contributed by atoms with Crippen LogP contribution in [-0.4, -0.2) is 14.8 Å². The van der Waals surface area contributed by atoms with Crippen LogP contribution in [0.1, 0.15) is 31.4 Å². The molecule has 0 unspecified atom stereocenters. The second-order valence-corrected chi connectivity index (χ2v) is 4.96. The Hall–Kier alpha value is -1.55. The molecule has 18 heavy (non-hydrogen) atoms. The lowest BCUT2D eigenvalue weighted by Gasteiger charge is -2.05. The minimum Gasteiger partial charge on any atom is -0.378 e. The molecule has 0 radical (unpaired) electrons. The van der Waals surface area contributed by atoms with E-state index in [0.29, 0.717) is 12.5 Å². The summed E-state index contributed by atoms with van der Waals surface area (Å²) < 4.78 is 1.82. The molecule has 96 valence electrons. The van der Waals surface area contributed by atoms with Crippen molar-refractivity contribution in [1.29, 1.82) is 0 Å². The second kappa shape index (κ2) is 5.40. The maximum atomic E-state index is 5.84. The van der Waals surface area contributed by atoms with Crippen molar-refractivity contribution in [2.45, 2.75) is 26.3 Å². The van der Waals surface area contributed by atoms with E-state index in [4.69, 9.17) is 11.6 Å². The monoisotopic (exact) mass is 264 g/mol. The molecule has 2 rings (SSSR count). The van der Waals surface area contributed by atoms with Gasteiger partial charge in [0.25, 0.3) is 0 Å². The molecule has 0 aliphatic heterocycles. The molecule has 0 saturated heterocycles. The minimum atomic E-state index is 0.348. The first kappa shape index (κ1) is 12.9. The number of benzene rings is 1. The van der Waals surface area contributed by atoms with Crippen LogP contribution in [0.2, 0.25) is 5.02 Å². The van der Waals surface area contributed by atoms with Crippen molar-refractivity contribution >= 4 is 17.3 Å². The predicted octanol–water partition coefficient (Wildman–Crippen LogP) is 3.20. The van der Waals surface area contributed by atoms with Crippen molar-refractivity contribution in [1.82, 2.24) is 14.8 Å². The summed E-state index contributed by atoms with van der Waals surface area (Å²) in [6.07, 6.45) is 0. The maximum Gasteiger partial charge on any atom is 0.153 e. The molecule has 2 aromatic rings. The Morgan fingerprint density at radius 1 is 1.28 bits per heavy atom. The van der Waals surface area contributed by atoms with Crippen molar-refractivity contribution < 1.29 is 0 Å². The summed E-state index contributed by atoms with van der Waals surface area (Å²) in [5.74, 6) is 2.15. The van der Waals surface area contributed by atoms with Gasteiger partial charge in [-0.05, 0) is 24.3 Å². The van der Waals surface area contributed by atoms with E-state index in [0.717, 1.165) is 22.4 Å². The van der Waals surface area contributed by atoms with Crippen molar-refractivity contribution in [2.24, 2.45) is 7.05 Å². The molecule has 1 aromatic heterocycles. The van der Waals surface area contributed by atoms with Crippen molar-refractivity contribution in [3.63, 3.8) is 0 Å². The number of rotatable bonds is 4. The van der Waals surface area contributed by atoms with E-state index in [9.17, 15) is 0 Å². The van der Waals surface area contributed by atoms with Gasteiger partial charge in [-0.3, -0.25) is 4.68 Å². The van der Waals surface area contributed by atoms with Crippen LogP contribution in [0.4, 0.5) is 5.69 Å². The van der Waals surface area contributed by atoms with E-state index in [1.165, 1.54) is 0 Å². The Balaban J connectivity index is 2.03. The van der Waals surface area contributed by atoms with Crippen LogP contribution in [0.5, 0.6) is 0 Å². The van der Waals surface area contributed by atoms with Gasteiger partial charge in [0, 0.05) is 23.7 Å². The number of hydrogen-bond donors (Lipinski definition) is 1. The van der Waals surface area contributed by atoms with Gasteiger partial charge in [0.05, 0.1) is 6.54 Å². The molecule has 1 heterocycles. The summed E-state index contributed by atoms with van der Waals surface area (Å²) in [4.78, 5) is 4.51. The molecule has 0 aliphatic rings. The van der Waals surface area contributed by atoms with E-state index in [1.54, 1.807) is 0 Å². The summed E-state index contributed by atoms with van der Waals surface area (Å²) in [7, 11) is 1.91. The average Bonchev–Trinajstić information content (AvgIpc) is 2.70. The molecule has 0 spiro atoms.